The van der Waals surface area contributed by atoms with E-state index in [4.69, 9.17) is 18.6 Å². The summed E-state index contributed by atoms with van der Waals surface area (Å²) in [5, 5.41) is 0. The summed E-state index contributed by atoms with van der Waals surface area (Å²) >= 11 is 0. The highest BCUT2D eigenvalue weighted by molar-refractivity contribution is 6.33. The van der Waals surface area contributed by atoms with Gasteiger partial charge in [-0.3, -0.25) is 4.99 Å². The lowest BCUT2D eigenvalue weighted by Crippen LogP contribution is -2.18. The van der Waals surface area contributed by atoms with Crippen molar-refractivity contribution in [3.8, 4) is 0 Å². The molecule has 0 aromatic heterocycles. The van der Waals surface area contributed by atoms with Gasteiger partial charge in [-0.25, -0.2) is 0 Å². The SMILES string of the molecule is C.C=C.CCCCC.[B]c1cc(C(C)=NC(=C)CC2(Cc3c(N)cccc3C(C)(C)C)CC2)c(C)cc1C. The highest BCUT2D eigenvalue weighted by atomic mass is 14.8. The van der Waals surface area contributed by atoms with Gasteiger partial charge in [-0.2, -0.15) is 0 Å². The Morgan fingerprint density at radius 3 is 2.11 bits per heavy atom. The van der Waals surface area contributed by atoms with Gasteiger partial charge in [-0.05, 0) is 85.6 Å². The molecule has 208 valence electrons. The predicted octanol–water partition coefficient (Wildman–Crippen LogP) is 9.35. The van der Waals surface area contributed by atoms with Gasteiger partial charge in [0.2, 0.25) is 0 Å². The van der Waals surface area contributed by atoms with Crippen LogP contribution in [0.5, 0.6) is 0 Å². The average Bonchev–Trinajstić information content (AvgIpc) is 3.57. The third-order valence-corrected chi connectivity index (χ3v) is 7.14. The molecule has 0 saturated heterocycles. The van der Waals surface area contributed by atoms with Crippen molar-refractivity contribution in [3.63, 3.8) is 0 Å². The molecule has 2 nitrogen and oxygen atoms in total. The first kappa shape index (κ1) is 35.5. The molecule has 0 bridgehead atoms. The largest absolute Gasteiger partial charge is 0.398 e. The van der Waals surface area contributed by atoms with Crippen molar-refractivity contribution in [1.82, 2.24) is 0 Å². The van der Waals surface area contributed by atoms with Crippen molar-refractivity contribution >= 4 is 24.7 Å². The topological polar surface area (TPSA) is 38.4 Å². The Labute approximate surface area is 237 Å². The number of rotatable bonds is 8. The number of hydrogen-bond acceptors (Lipinski definition) is 2. The van der Waals surface area contributed by atoms with Crippen LogP contribution in [-0.4, -0.2) is 13.6 Å². The normalized spacial score (nSPS) is 13.7. The maximum atomic E-state index is 6.42. The van der Waals surface area contributed by atoms with Crippen LogP contribution in [0.4, 0.5) is 5.69 Å². The van der Waals surface area contributed by atoms with E-state index >= 15 is 0 Å². The first-order chi connectivity index (χ1) is 17.3. The summed E-state index contributed by atoms with van der Waals surface area (Å²) in [6.45, 7) is 27.7. The van der Waals surface area contributed by atoms with Gasteiger partial charge in [0.15, 0.2) is 0 Å². The van der Waals surface area contributed by atoms with Crippen molar-refractivity contribution in [2.24, 2.45) is 10.4 Å². The predicted molar refractivity (Wildman–Crippen MR) is 175 cm³/mol. The Morgan fingerprint density at radius 1 is 1.05 bits per heavy atom. The molecule has 0 atom stereocenters. The number of aryl methyl sites for hydroxylation is 2. The van der Waals surface area contributed by atoms with E-state index in [0.29, 0.717) is 0 Å². The highest BCUT2D eigenvalue weighted by Gasteiger charge is 2.44. The third-order valence-electron chi connectivity index (χ3n) is 7.14. The molecule has 0 aliphatic heterocycles. The fourth-order valence-corrected chi connectivity index (χ4v) is 4.85. The summed E-state index contributed by atoms with van der Waals surface area (Å²) in [7, 11) is 6.13. The summed E-state index contributed by atoms with van der Waals surface area (Å²) in [5.41, 5.74) is 16.4. The smallest absolute Gasteiger partial charge is 0.114 e. The molecule has 2 radical (unpaired) electrons. The molecule has 0 unspecified atom stereocenters. The molecule has 3 heteroatoms. The summed E-state index contributed by atoms with van der Waals surface area (Å²) < 4.78 is 0. The Hall–Kier alpha value is -2.55. The van der Waals surface area contributed by atoms with Crippen molar-refractivity contribution < 1.29 is 0 Å². The Kier molecular flexibility index (Phi) is 14.7. The van der Waals surface area contributed by atoms with E-state index in [1.807, 2.05) is 19.1 Å². The second kappa shape index (κ2) is 15.8. The van der Waals surface area contributed by atoms with Crippen LogP contribution < -0.4 is 11.2 Å². The van der Waals surface area contributed by atoms with Crippen molar-refractivity contribution in [3.05, 3.63) is 83.6 Å². The van der Waals surface area contributed by atoms with Crippen molar-refractivity contribution in [1.29, 1.82) is 0 Å². The number of hydrogen-bond donors (Lipinski definition) is 1. The third kappa shape index (κ3) is 10.3. The molecule has 1 aliphatic carbocycles. The summed E-state index contributed by atoms with van der Waals surface area (Å²) in [6, 6.07) is 10.5. The fourth-order valence-electron chi connectivity index (χ4n) is 4.85. The van der Waals surface area contributed by atoms with Crippen LogP contribution in [-0.2, 0) is 11.8 Å². The molecule has 2 N–H and O–H groups in total. The zero-order chi connectivity index (χ0) is 28.4. The lowest BCUT2D eigenvalue weighted by molar-refractivity contribution is 0.489. The van der Waals surface area contributed by atoms with E-state index in [1.54, 1.807) is 0 Å². The van der Waals surface area contributed by atoms with Crippen LogP contribution in [0.1, 0.15) is 115 Å². The van der Waals surface area contributed by atoms with Gasteiger partial charge < -0.3 is 5.73 Å². The number of anilines is 1. The van der Waals surface area contributed by atoms with Crippen LogP contribution in [0.15, 0.2) is 60.8 Å². The summed E-state index contributed by atoms with van der Waals surface area (Å²) in [4.78, 5) is 4.87. The number of nitrogens with two attached hydrogens (primary N) is 1. The number of unbranched alkanes of at least 4 members (excludes halogenated alkanes) is 2. The summed E-state index contributed by atoms with van der Waals surface area (Å²) in [5.74, 6) is 0. The molecule has 38 heavy (non-hydrogen) atoms. The van der Waals surface area contributed by atoms with E-state index in [1.165, 1.54) is 48.8 Å². The lowest BCUT2D eigenvalue weighted by atomic mass is 9.79. The van der Waals surface area contributed by atoms with Crippen molar-refractivity contribution in [2.45, 2.75) is 113 Å². The average molecular weight is 515 g/mol. The van der Waals surface area contributed by atoms with Crippen LogP contribution in [0.2, 0.25) is 0 Å². The van der Waals surface area contributed by atoms with E-state index in [-0.39, 0.29) is 18.3 Å². The first-order valence-corrected chi connectivity index (χ1v) is 13.8. The van der Waals surface area contributed by atoms with Crippen LogP contribution in [0.25, 0.3) is 0 Å². The monoisotopic (exact) mass is 514 g/mol. The quantitative estimate of drug-likeness (QED) is 0.162. The molecule has 2 aromatic carbocycles. The van der Waals surface area contributed by atoms with Gasteiger partial charge in [0.05, 0.1) is 0 Å². The van der Waals surface area contributed by atoms with E-state index in [9.17, 15) is 0 Å². The number of allylic oxidation sites excluding steroid dienone is 1. The lowest BCUT2D eigenvalue weighted by Gasteiger charge is -2.26. The maximum absolute atomic E-state index is 6.42. The zero-order valence-corrected chi connectivity index (χ0v) is 25.1. The highest BCUT2D eigenvalue weighted by Crippen LogP contribution is 2.54. The Morgan fingerprint density at radius 2 is 1.63 bits per heavy atom. The Bertz CT molecular complexity index is 1070. The van der Waals surface area contributed by atoms with Gasteiger partial charge in [0.1, 0.15) is 7.85 Å². The van der Waals surface area contributed by atoms with E-state index in [2.05, 4.69) is 86.4 Å². The standard InChI is InChI=1S/C27H35BN2.C5H12.C2H4.CH4/c1-17-13-18(2)24(28)14-21(17)20(4)30-19(3)15-27(11-12-27)16-22-23(26(5,6)7)9-8-10-25(22)29;1-3-5-4-2;1-2;/h8-10,13-14H,3,11-12,15-16,29H2,1-2,4-7H3;3-5H2,1-2H3;1-2H2;1H4. The minimum atomic E-state index is 0. The molecule has 1 saturated carbocycles. The molecule has 0 spiro atoms. The second-order valence-electron chi connectivity index (χ2n) is 11.6. The molecule has 1 aliphatic rings. The molecular formula is C35H55BN2. The van der Waals surface area contributed by atoms with Gasteiger partial charge >= 0.3 is 0 Å². The fraction of sp³-hybridized carbons (Fsp3) is 0.514. The number of nitrogen functional groups attached to an aromatic ring is 1. The minimum absolute atomic E-state index is 0. The molecule has 0 heterocycles. The van der Waals surface area contributed by atoms with Crippen molar-refractivity contribution in [2.75, 3.05) is 5.73 Å². The molecule has 2 aromatic rings. The van der Waals surface area contributed by atoms with Gasteiger partial charge in [-0.15, -0.1) is 13.2 Å². The minimum Gasteiger partial charge on any atom is -0.398 e. The second-order valence-corrected chi connectivity index (χ2v) is 11.6. The summed E-state index contributed by atoms with van der Waals surface area (Å²) in [6.07, 6.45) is 8.38. The molecule has 3 rings (SSSR count). The molecule has 0 amide bonds. The van der Waals surface area contributed by atoms with Gasteiger partial charge in [-0.1, -0.05) is 103 Å². The van der Waals surface area contributed by atoms with Crippen LogP contribution in [0, 0.1) is 19.3 Å². The Balaban J connectivity index is 0.00000154. The van der Waals surface area contributed by atoms with Crippen LogP contribution >= 0.6 is 0 Å². The van der Waals surface area contributed by atoms with E-state index in [0.717, 1.165) is 46.5 Å². The van der Waals surface area contributed by atoms with Crippen LogP contribution in [0.3, 0.4) is 0 Å². The number of aliphatic imine (C=N–C) groups is 1. The number of benzene rings is 2. The van der Waals surface area contributed by atoms with Gasteiger partial charge in [0, 0.05) is 17.1 Å². The number of nitrogens with zero attached hydrogens (tertiary/aromatic N) is 1. The molecule has 1 fully saturated rings. The molecular weight excluding hydrogens is 459 g/mol. The first-order valence-electron chi connectivity index (χ1n) is 13.8. The van der Waals surface area contributed by atoms with Gasteiger partial charge in [0.25, 0.3) is 0 Å². The maximum Gasteiger partial charge on any atom is 0.114 e. The van der Waals surface area contributed by atoms with E-state index < -0.39 is 0 Å². The zero-order valence-electron chi connectivity index (χ0n) is 25.1.